The van der Waals surface area contributed by atoms with Crippen molar-refractivity contribution in [2.75, 3.05) is 6.54 Å². The minimum Gasteiger partial charge on any atom is -0.302 e. The molecular weight excluding hydrogens is 320 g/mol. The van der Waals surface area contributed by atoms with E-state index in [1.165, 1.54) is 56.3 Å². The summed E-state index contributed by atoms with van der Waals surface area (Å²) in [6.45, 7) is 6.22. The fourth-order valence-corrected chi connectivity index (χ4v) is 3.32. The summed E-state index contributed by atoms with van der Waals surface area (Å²) in [5, 5.41) is 2.83. The lowest BCUT2D eigenvalue weighted by atomic mass is 9.96. The smallest absolute Gasteiger partial charge is 0.241 e. The second-order valence-corrected chi connectivity index (χ2v) is 6.94. The first-order valence-corrected chi connectivity index (χ1v) is 9.79. The molecule has 1 aliphatic heterocycles. The largest absolute Gasteiger partial charge is 0.302 e. The Morgan fingerprint density at radius 2 is 1.58 bits per heavy atom. The standard InChI is InChI=1S/C19H32N2O2S/c1-3-5-6-7-8-9-10-11-12-13-14-16-17(22)20-19(24)21(15-4-2)18(16)23/h4,16H,2-3,5-15H2,1H3,(H,20,22,24). The van der Waals surface area contributed by atoms with E-state index >= 15 is 0 Å². The number of rotatable bonds is 13. The molecule has 136 valence electrons. The van der Waals surface area contributed by atoms with E-state index in [1.54, 1.807) is 6.08 Å². The molecule has 1 fully saturated rings. The number of carbonyl (C=O) groups excluding carboxylic acids is 2. The van der Waals surface area contributed by atoms with Gasteiger partial charge in [-0.25, -0.2) is 0 Å². The molecular formula is C19H32N2O2S. The van der Waals surface area contributed by atoms with Gasteiger partial charge in [0.1, 0.15) is 5.92 Å². The number of unbranched alkanes of at least 4 members (excludes halogenated alkanes) is 9. The maximum atomic E-state index is 12.4. The van der Waals surface area contributed by atoms with Crippen molar-refractivity contribution in [3.63, 3.8) is 0 Å². The number of carbonyl (C=O) groups is 2. The third kappa shape index (κ3) is 7.12. The van der Waals surface area contributed by atoms with Crippen LogP contribution in [-0.2, 0) is 9.59 Å². The number of hydrogen-bond acceptors (Lipinski definition) is 3. The molecule has 0 saturated carbocycles. The predicted molar refractivity (Wildman–Crippen MR) is 103 cm³/mol. The summed E-state index contributed by atoms with van der Waals surface area (Å²) in [7, 11) is 0. The second kappa shape index (κ2) is 12.2. The van der Waals surface area contributed by atoms with Crippen molar-refractivity contribution < 1.29 is 9.59 Å². The average molecular weight is 353 g/mol. The van der Waals surface area contributed by atoms with Crippen LogP contribution in [0, 0.1) is 5.92 Å². The summed E-state index contributed by atoms with van der Waals surface area (Å²) in [5.41, 5.74) is 0. The van der Waals surface area contributed by atoms with Crippen LogP contribution in [0.2, 0.25) is 0 Å². The zero-order valence-corrected chi connectivity index (χ0v) is 15.8. The van der Waals surface area contributed by atoms with Crippen molar-refractivity contribution in [1.29, 1.82) is 0 Å². The van der Waals surface area contributed by atoms with Crippen LogP contribution in [0.4, 0.5) is 0 Å². The molecule has 0 spiro atoms. The lowest BCUT2D eigenvalue weighted by Crippen LogP contribution is -2.57. The maximum Gasteiger partial charge on any atom is 0.241 e. The van der Waals surface area contributed by atoms with Crippen LogP contribution in [0.1, 0.15) is 77.6 Å². The number of thiocarbonyl (C=S) groups is 1. The molecule has 0 aliphatic carbocycles. The molecule has 0 aromatic rings. The van der Waals surface area contributed by atoms with Crippen LogP contribution in [-0.4, -0.2) is 28.4 Å². The van der Waals surface area contributed by atoms with Crippen molar-refractivity contribution >= 4 is 29.1 Å². The number of nitrogens with zero attached hydrogens (tertiary/aromatic N) is 1. The Morgan fingerprint density at radius 1 is 1.04 bits per heavy atom. The van der Waals surface area contributed by atoms with E-state index in [1.807, 2.05) is 0 Å². The summed E-state index contributed by atoms with van der Waals surface area (Å²) in [4.78, 5) is 25.8. The Balaban J connectivity index is 2.17. The first kappa shape index (κ1) is 20.8. The Kier molecular flexibility index (Phi) is 10.6. The lowest BCUT2D eigenvalue weighted by Gasteiger charge is -2.31. The van der Waals surface area contributed by atoms with Crippen LogP contribution in [0.15, 0.2) is 12.7 Å². The molecule has 1 N–H and O–H groups in total. The molecule has 1 saturated heterocycles. The van der Waals surface area contributed by atoms with Crippen LogP contribution in [0.25, 0.3) is 0 Å². The highest BCUT2D eigenvalue weighted by Crippen LogP contribution is 2.19. The Morgan fingerprint density at radius 3 is 2.12 bits per heavy atom. The van der Waals surface area contributed by atoms with E-state index in [0.717, 1.165) is 12.8 Å². The molecule has 0 bridgehead atoms. The number of nitrogens with one attached hydrogen (secondary N) is 1. The normalized spacial score (nSPS) is 18.0. The van der Waals surface area contributed by atoms with Gasteiger partial charge in [-0.05, 0) is 18.6 Å². The van der Waals surface area contributed by atoms with Crippen molar-refractivity contribution in [3.8, 4) is 0 Å². The second-order valence-electron chi connectivity index (χ2n) is 6.56. The molecule has 1 heterocycles. The van der Waals surface area contributed by atoms with Gasteiger partial charge in [0.25, 0.3) is 0 Å². The van der Waals surface area contributed by atoms with Crippen molar-refractivity contribution in [2.24, 2.45) is 5.92 Å². The van der Waals surface area contributed by atoms with Gasteiger partial charge in [0, 0.05) is 6.54 Å². The zero-order valence-electron chi connectivity index (χ0n) is 15.0. The molecule has 4 nitrogen and oxygen atoms in total. The van der Waals surface area contributed by atoms with Gasteiger partial charge in [-0.2, -0.15) is 0 Å². The Labute approximate surface area is 152 Å². The van der Waals surface area contributed by atoms with Gasteiger partial charge in [-0.15, -0.1) is 6.58 Å². The molecule has 24 heavy (non-hydrogen) atoms. The quantitative estimate of drug-likeness (QED) is 0.232. The van der Waals surface area contributed by atoms with E-state index in [4.69, 9.17) is 12.2 Å². The van der Waals surface area contributed by atoms with E-state index < -0.39 is 5.92 Å². The Bertz CT molecular complexity index is 437. The minimum atomic E-state index is -0.592. The van der Waals surface area contributed by atoms with E-state index in [0.29, 0.717) is 13.0 Å². The highest BCUT2D eigenvalue weighted by Gasteiger charge is 2.37. The third-order valence-corrected chi connectivity index (χ3v) is 4.84. The monoisotopic (exact) mass is 352 g/mol. The zero-order chi connectivity index (χ0) is 17.8. The maximum absolute atomic E-state index is 12.4. The fourth-order valence-electron chi connectivity index (χ4n) is 3.05. The summed E-state index contributed by atoms with van der Waals surface area (Å²) in [5.74, 6) is -1.02. The van der Waals surface area contributed by atoms with Gasteiger partial charge >= 0.3 is 0 Å². The van der Waals surface area contributed by atoms with Gasteiger partial charge in [0.15, 0.2) is 5.11 Å². The molecule has 0 aromatic heterocycles. The van der Waals surface area contributed by atoms with Crippen LogP contribution in [0.3, 0.4) is 0 Å². The molecule has 0 radical (unpaired) electrons. The summed E-state index contributed by atoms with van der Waals surface area (Å²) < 4.78 is 0. The van der Waals surface area contributed by atoms with E-state index in [2.05, 4.69) is 18.8 Å². The fraction of sp³-hybridized carbons (Fsp3) is 0.737. The molecule has 1 unspecified atom stereocenters. The predicted octanol–water partition coefficient (Wildman–Crippen LogP) is 4.34. The molecule has 1 atom stereocenters. The minimum absolute atomic E-state index is 0.181. The van der Waals surface area contributed by atoms with Crippen molar-refractivity contribution in [3.05, 3.63) is 12.7 Å². The summed E-state index contributed by atoms with van der Waals surface area (Å²) in [6, 6.07) is 0. The average Bonchev–Trinajstić information content (AvgIpc) is 2.55. The topological polar surface area (TPSA) is 49.4 Å². The van der Waals surface area contributed by atoms with Gasteiger partial charge < -0.3 is 5.32 Å². The van der Waals surface area contributed by atoms with Gasteiger partial charge in [-0.1, -0.05) is 77.2 Å². The highest BCUT2D eigenvalue weighted by molar-refractivity contribution is 7.80. The van der Waals surface area contributed by atoms with E-state index in [-0.39, 0.29) is 16.9 Å². The molecule has 0 aromatic carbocycles. The van der Waals surface area contributed by atoms with Crippen LogP contribution in [0.5, 0.6) is 0 Å². The highest BCUT2D eigenvalue weighted by atomic mass is 32.1. The molecule has 1 aliphatic rings. The third-order valence-electron chi connectivity index (χ3n) is 4.51. The SMILES string of the molecule is C=CCN1C(=O)C(CCCCCCCCCCCC)C(=O)NC1=S. The lowest BCUT2D eigenvalue weighted by molar-refractivity contribution is -0.141. The van der Waals surface area contributed by atoms with Crippen molar-refractivity contribution in [1.82, 2.24) is 10.2 Å². The van der Waals surface area contributed by atoms with E-state index in [9.17, 15) is 9.59 Å². The summed E-state index contributed by atoms with van der Waals surface area (Å²) >= 11 is 5.05. The summed E-state index contributed by atoms with van der Waals surface area (Å²) in [6.07, 6.45) is 14.7. The molecule has 2 amide bonds. The van der Waals surface area contributed by atoms with Crippen molar-refractivity contribution in [2.45, 2.75) is 77.6 Å². The van der Waals surface area contributed by atoms with Crippen LogP contribution < -0.4 is 5.32 Å². The first-order chi connectivity index (χ1) is 11.6. The Hall–Kier alpha value is -1.23. The first-order valence-electron chi connectivity index (χ1n) is 9.39. The molecule has 5 heteroatoms. The van der Waals surface area contributed by atoms with Gasteiger partial charge in [0.2, 0.25) is 11.8 Å². The molecule has 1 rings (SSSR count). The number of hydrogen-bond donors (Lipinski definition) is 1. The number of amides is 2. The van der Waals surface area contributed by atoms with Crippen LogP contribution >= 0.6 is 12.2 Å². The van der Waals surface area contributed by atoms with Gasteiger partial charge in [-0.3, -0.25) is 14.5 Å². The van der Waals surface area contributed by atoms with Gasteiger partial charge in [0.05, 0.1) is 0 Å².